The normalized spacial score (nSPS) is 19.0. The number of nitrogens with one attached hydrogen (secondary N) is 2. The molecule has 2 aromatic heterocycles. The van der Waals surface area contributed by atoms with Crippen molar-refractivity contribution in [3.8, 4) is 0 Å². The number of aromatic amines is 2. The van der Waals surface area contributed by atoms with Gasteiger partial charge < -0.3 is 9.32 Å². The number of aryl methyl sites for hydroxylation is 1. The smallest absolute Gasteiger partial charge is 0.341 e. The number of nitrogens with zero attached hydrogens (tertiary/aromatic N) is 2. The molecule has 1 aliphatic rings. The lowest BCUT2D eigenvalue weighted by atomic mass is 10.1. The van der Waals surface area contributed by atoms with Crippen molar-refractivity contribution in [1.82, 2.24) is 20.1 Å². The largest absolute Gasteiger partial charge is 0.464 e. The van der Waals surface area contributed by atoms with Gasteiger partial charge in [0.25, 0.3) is 5.91 Å². The number of aromatic nitrogens is 3. The number of hydrogen-bond donors (Lipinski definition) is 2. The minimum Gasteiger partial charge on any atom is -0.464 e. The fourth-order valence-corrected chi connectivity index (χ4v) is 2.45. The molecule has 0 saturated carbocycles. The fourth-order valence-electron chi connectivity index (χ4n) is 2.45. The Balaban J connectivity index is 1.87. The Morgan fingerprint density at radius 1 is 1.53 bits per heavy atom. The number of likely N-dealkylation sites (tertiary alicyclic amines) is 1. The zero-order valence-electron chi connectivity index (χ0n) is 10.5. The number of amides is 1. The maximum atomic E-state index is 12.3. The topological polar surface area (TPSA) is 95.0 Å². The summed E-state index contributed by atoms with van der Waals surface area (Å²) in [6.45, 7) is 2.51. The molecule has 0 spiro atoms. The molecule has 1 fully saturated rings. The number of carbonyl (C=O) groups excluding carboxylic acids is 1. The predicted octanol–water partition coefficient (Wildman–Crippen LogP) is 0.977. The van der Waals surface area contributed by atoms with E-state index in [1.807, 2.05) is 19.1 Å². The van der Waals surface area contributed by atoms with Gasteiger partial charge in [-0.25, -0.2) is 9.89 Å². The molecule has 100 valence electrons. The first kappa shape index (κ1) is 11.8. The van der Waals surface area contributed by atoms with Crippen LogP contribution in [-0.2, 0) is 0 Å². The van der Waals surface area contributed by atoms with E-state index in [0.29, 0.717) is 6.54 Å². The Kier molecular flexibility index (Phi) is 2.73. The monoisotopic (exact) mass is 262 g/mol. The minimum atomic E-state index is -0.479. The summed E-state index contributed by atoms with van der Waals surface area (Å²) in [5.41, 5.74) is -0.479. The van der Waals surface area contributed by atoms with E-state index in [-0.39, 0.29) is 17.8 Å². The van der Waals surface area contributed by atoms with Crippen molar-refractivity contribution >= 4 is 5.91 Å². The molecule has 1 unspecified atom stereocenters. The standard InChI is InChI=1S/C12H14N4O3/c1-7-4-5-9(19-7)8-3-2-6-16(8)11(17)10-13-12(18)15-14-10/h4-5,8H,2-3,6H2,1H3,(H2,13,14,15,18). The molecule has 0 aliphatic carbocycles. The highest BCUT2D eigenvalue weighted by Gasteiger charge is 2.33. The molecule has 1 aliphatic heterocycles. The predicted molar refractivity (Wildman–Crippen MR) is 65.7 cm³/mol. The van der Waals surface area contributed by atoms with Gasteiger partial charge in [0.2, 0.25) is 5.82 Å². The third-order valence-electron chi connectivity index (χ3n) is 3.31. The van der Waals surface area contributed by atoms with E-state index in [0.717, 1.165) is 24.4 Å². The van der Waals surface area contributed by atoms with E-state index in [1.54, 1.807) is 4.90 Å². The van der Waals surface area contributed by atoms with Gasteiger partial charge in [-0.2, -0.15) is 0 Å². The Labute approximate surface area is 108 Å². The summed E-state index contributed by atoms with van der Waals surface area (Å²) in [4.78, 5) is 27.4. The Morgan fingerprint density at radius 2 is 2.37 bits per heavy atom. The maximum absolute atomic E-state index is 12.3. The van der Waals surface area contributed by atoms with Crippen LogP contribution in [0.2, 0.25) is 0 Å². The highest BCUT2D eigenvalue weighted by atomic mass is 16.3. The first-order valence-corrected chi connectivity index (χ1v) is 6.17. The third kappa shape index (κ3) is 2.07. The molecule has 3 rings (SSSR count). The molecule has 1 saturated heterocycles. The second-order valence-electron chi connectivity index (χ2n) is 4.63. The van der Waals surface area contributed by atoms with Crippen molar-refractivity contribution in [2.75, 3.05) is 6.54 Å². The minimum absolute atomic E-state index is 0.0418. The SMILES string of the molecule is Cc1ccc(C2CCCN2C(=O)c2n[nH]c(=O)[nH]2)o1. The van der Waals surface area contributed by atoms with Crippen molar-refractivity contribution in [1.29, 1.82) is 0 Å². The Hall–Kier alpha value is -2.31. The van der Waals surface area contributed by atoms with E-state index in [1.165, 1.54) is 0 Å². The molecule has 3 heterocycles. The molecule has 2 N–H and O–H groups in total. The quantitative estimate of drug-likeness (QED) is 0.843. The molecular weight excluding hydrogens is 248 g/mol. The van der Waals surface area contributed by atoms with Gasteiger partial charge >= 0.3 is 5.69 Å². The summed E-state index contributed by atoms with van der Waals surface area (Å²) in [5.74, 6) is 1.36. The molecule has 7 nitrogen and oxygen atoms in total. The van der Waals surface area contributed by atoms with Crippen molar-refractivity contribution in [2.45, 2.75) is 25.8 Å². The van der Waals surface area contributed by atoms with Crippen LogP contribution in [0.5, 0.6) is 0 Å². The van der Waals surface area contributed by atoms with Gasteiger partial charge in [-0.1, -0.05) is 0 Å². The third-order valence-corrected chi connectivity index (χ3v) is 3.31. The van der Waals surface area contributed by atoms with Crippen LogP contribution in [0, 0.1) is 6.92 Å². The van der Waals surface area contributed by atoms with Gasteiger partial charge in [0.05, 0.1) is 6.04 Å². The van der Waals surface area contributed by atoms with Crippen LogP contribution >= 0.6 is 0 Å². The van der Waals surface area contributed by atoms with Gasteiger partial charge in [0.1, 0.15) is 11.5 Å². The second-order valence-corrected chi connectivity index (χ2v) is 4.63. The maximum Gasteiger partial charge on any atom is 0.341 e. The number of rotatable bonds is 2. The van der Waals surface area contributed by atoms with Crippen LogP contribution in [0.3, 0.4) is 0 Å². The van der Waals surface area contributed by atoms with Gasteiger partial charge in [0.15, 0.2) is 0 Å². The number of H-pyrrole nitrogens is 2. The van der Waals surface area contributed by atoms with Gasteiger partial charge in [-0.15, -0.1) is 5.10 Å². The zero-order chi connectivity index (χ0) is 13.4. The van der Waals surface area contributed by atoms with E-state index < -0.39 is 5.69 Å². The molecule has 0 aromatic carbocycles. The highest BCUT2D eigenvalue weighted by molar-refractivity contribution is 5.90. The van der Waals surface area contributed by atoms with E-state index in [9.17, 15) is 9.59 Å². The van der Waals surface area contributed by atoms with Crippen LogP contribution in [0.4, 0.5) is 0 Å². The summed E-state index contributed by atoms with van der Waals surface area (Å²) in [6.07, 6.45) is 1.76. The van der Waals surface area contributed by atoms with Gasteiger partial charge in [-0.05, 0) is 31.9 Å². The lowest BCUT2D eigenvalue weighted by Crippen LogP contribution is -2.31. The van der Waals surface area contributed by atoms with E-state index in [2.05, 4.69) is 15.2 Å². The lowest BCUT2D eigenvalue weighted by molar-refractivity contribution is 0.0707. The van der Waals surface area contributed by atoms with Gasteiger partial charge in [-0.3, -0.25) is 9.78 Å². The molecule has 1 amide bonds. The number of hydrogen-bond acceptors (Lipinski definition) is 4. The first-order valence-electron chi connectivity index (χ1n) is 6.17. The molecule has 0 radical (unpaired) electrons. The number of carbonyl (C=O) groups is 1. The summed E-state index contributed by atoms with van der Waals surface area (Å²) in [7, 11) is 0. The molecule has 1 atom stereocenters. The van der Waals surface area contributed by atoms with E-state index >= 15 is 0 Å². The molecule has 7 heteroatoms. The summed E-state index contributed by atoms with van der Waals surface area (Å²) < 4.78 is 5.59. The average molecular weight is 262 g/mol. The van der Waals surface area contributed by atoms with Crippen LogP contribution in [0.1, 0.15) is 41.0 Å². The molecule has 0 bridgehead atoms. The zero-order valence-corrected chi connectivity index (χ0v) is 10.5. The van der Waals surface area contributed by atoms with Gasteiger partial charge in [0, 0.05) is 6.54 Å². The lowest BCUT2D eigenvalue weighted by Gasteiger charge is -2.21. The number of furan rings is 1. The van der Waals surface area contributed by atoms with Crippen molar-refractivity contribution in [3.05, 3.63) is 40.0 Å². The Bertz CT molecular complexity index is 654. The van der Waals surface area contributed by atoms with Crippen molar-refractivity contribution in [3.63, 3.8) is 0 Å². The Morgan fingerprint density at radius 3 is 3.00 bits per heavy atom. The molecular formula is C12H14N4O3. The molecule has 2 aromatic rings. The van der Waals surface area contributed by atoms with Crippen LogP contribution in [-0.4, -0.2) is 32.5 Å². The fraction of sp³-hybridized carbons (Fsp3) is 0.417. The van der Waals surface area contributed by atoms with E-state index in [4.69, 9.17) is 4.42 Å². The average Bonchev–Trinajstić information content (AvgIpc) is 3.07. The first-order chi connectivity index (χ1) is 9.15. The summed E-state index contributed by atoms with van der Waals surface area (Å²) >= 11 is 0. The summed E-state index contributed by atoms with van der Waals surface area (Å²) in [6, 6.07) is 3.69. The molecule has 19 heavy (non-hydrogen) atoms. The van der Waals surface area contributed by atoms with Crippen molar-refractivity contribution < 1.29 is 9.21 Å². The van der Waals surface area contributed by atoms with Crippen LogP contribution in [0.15, 0.2) is 21.3 Å². The highest BCUT2D eigenvalue weighted by Crippen LogP contribution is 2.33. The summed E-state index contributed by atoms with van der Waals surface area (Å²) in [5, 5.41) is 5.88. The van der Waals surface area contributed by atoms with Crippen molar-refractivity contribution in [2.24, 2.45) is 0 Å². The van der Waals surface area contributed by atoms with Crippen LogP contribution < -0.4 is 5.69 Å². The van der Waals surface area contributed by atoms with Crippen LogP contribution in [0.25, 0.3) is 0 Å². The second kappa shape index (κ2) is 4.42.